The summed E-state index contributed by atoms with van der Waals surface area (Å²) in [6.07, 6.45) is 1.50. The molecule has 1 aliphatic heterocycles. The molecule has 0 amide bonds. The van der Waals surface area contributed by atoms with Crippen LogP contribution in [0.4, 0.5) is 0 Å². The van der Waals surface area contributed by atoms with Gasteiger partial charge in [0.05, 0.1) is 12.9 Å². The Morgan fingerprint density at radius 2 is 1.89 bits per heavy atom. The highest BCUT2D eigenvalue weighted by atomic mass is 16.5. The van der Waals surface area contributed by atoms with Crippen molar-refractivity contribution in [2.45, 2.75) is 38.3 Å². The molecule has 3 unspecified atom stereocenters. The lowest BCUT2D eigenvalue weighted by atomic mass is 10.0. The first kappa shape index (κ1) is 17.7. The van der Waals surface area contributed by atoms with Crippen molar-refractivity contribution in [1.29, 1.82) is 0 Å². The van der Waals surface area contributed by atoms with Gasteiger partial charge in [0, 0.05) is 20.1 Å². The van der Waals surface area contributed by atoms with E-state index in [1.807, 2.05) is 37.3 Å². The van der Waals surface area contributed by atoms with Crippen LogP contribution in [-0.4, -0.2) is 30.5 Å². The topological polar surface area (TPSA) is 83.1 Å². The zero-order chi connectivity index (χ0) is 19.3. The van der Waals surface area contributed by atoms with E-state index in [-0.39, 0.29) is 17.7 Å². The van der Waals surface area contributed by atoms with Crippen LogP contribution in [0.5, 0.6) is 0 Å². The van der Waals surface area contributed by atoms with E-state index in [2.05, 4.69) is 17.2 Å². The summed E-state index contributed by atoms with van der Waals surface area (Å²) in [6, 6.07) is 10.2. The lowest BCUT2D eigenvalue weighted by Gasteiger charge is -2.25. The Morgan fingerprint density at radius 3 is 2.59 bits per heavy atom. The molecule has 0 radical (unpaired) electrons. The third-order valence-electron chi connectivity index (χ3n) is 5.19. The molecule has 1 aromatic carbocycles. The molecule has 1 saturated heterocycles. The summed E-state index contributed by atoms with van der Waals surface area (Å²) in [6.45, 7) is 4.44. The molecule has 4 rings (SSSR count). The molecule has 8 heteroatoms. The molecule has 8 nitrogen and oxygen atoms in total. The maximum atomic E-state index is 12.6. The summed E-state index contributed by atoms with van der Waals surface area (Å²) in [7, 11) is 3.09. The molecule has 0 spiro atoms. The first-order valence-corrected chi connectivity index (χ1v) is 8.92. The van der Waals surface area contributed by atoms with E-state index in [0.29, 0.717) is 17.7 Å². The van der Waals surface area contributed by atoms with E-state index in [9.17, 15) is 9.59 Å². The van der Waals surface area contributed by atoms with Crippen molar-refractivity contribution < 1.29 is 4.74 Å². The number of imidazole rings is 1. The van der Waals surface area contributed by atoms with Crippen molar-refractivity contribution >= 4 is 11.2 Å². The second-order valence-corrected chi connectivity index (χ2v) is 7.36. The Balaban J connectivity index is 1.71. The molecular weight excluding hydrogens is 346 g/mol. The molecule has 0 bridgehead atoms. The Morgan fingerprint density at radius 1 is 1.19 bits per heavy atom. The van der Waals surface area contributed by atoms with Crippen molar-refractivity contribution in [2.24, 2.45) is 14.1 Å². The fraction of sp³-hybridized carbons (Fsp3) is 0.421. The maximum Gasteiger partial charge on any atom is 0.332 e. The normalized spacial score (nSPS) is 25.3. The summed E-state index contributed by atoms with van der Waals surface area (Å²) in [5.41, 5.74) is 0.444. The monoisotopic (exact) mass is 369 g/mol. The highest BCUT2D eigenvalue weighted by molar-refractivity contribution is 5.69. The van der Waals surface area contributed by atoms with Gasteiger partial charge in [0.2, 0.25) is 0 Å². The van der Waals surface area contributed by atoms with Crippen LogP contribution in [0.3, 0.4) is 0 Å². The van der Waals surface area contributed by atoms with Crippen LogP contribution in [0.2, 0.25) is 0 Å². The average Bonchev–Trinajstić information content (AvgIpc) is 3.19. The summed E-state index contributed by atoms with van der Waals surface area (Å²) in [4.78, 5) is 29.0. The SMILES string of the molecule is CC1NC(C)(Cn2cnc3c2c(=O)n(C)c(=O)n3C)OC1c1ccccc1. The molecule has 3 heterocycles. The fourth-order valence-electron chi connectivity index (χ4n) is 3.90. The van der Waals surface area contributed by atoms with Gasteiger partial charge in [0.15, 0.2) is 11.2 Å². The molecule has 2 aromatic heterocycles. The van der Waals surface area contributed by atoms with Crippen LogP contribution < -0.4 is 16.6 Å². The average molecular weight is 369 g/mol. The first-order valence-electron chi connectivity index (χ1n) is 8.92. The lowest BCUT2D eigenvalue weighted by molar-refractivity contribution is -0.0498. The van der Waals surface area contributed by atoms with Crippen LogP contribution in [-0.2, 0) is 25.4 Å². The Labute approximate surface area is 156 Å². The van der Waals surface area contributed by atoms with Crippen molar-refractivity contribution in [3.63, 3.8) is 0 Å². The van der Waals surface area contributed by atoms with Gasteiger partial charge in [0.1, 0.15) is 11.8 Å². The van der Waals surface area contributed by atoms with Crippen molar-refractivity contribution in [3.05, 3.63) is 63.1 Å². The molecule has 3 atom stereocenters. The predicted octanol–water partition coefficient (Wildman–Crippen LogP) is 0.899. The van der Waals surface area contributed by atoms with Gasteiger partial charge in [-0.3, -0.25) is 19.2 Å². The van der Waals surface area contributed by atoms with Crippen molar-refractivity contribution in [3.8, 4) is 0 Å². The van der Waals surface area contributed by atoms with Crippen LogP contribution in [0.15, 0.2) is 46.2 Å². The third-order valence-corrected chi connectivity index (χ3v) is 5.19. The van der Waals surface area contributed by atoms with E-state index in [4.69, 9.17) is 4.74 Å². The lowest BCUT2D eigenvalue weighted by Crippen LogP contribution is -2.45. The van der Waals surface area contributed by atoms with E-state index < -0.39 is 11.4 Å². The molecule has 3 aromatic rings. The van der Waals surface area contributed by atoms with Gasteiger partial charge in [-0.2, -0.15) is 0 Å². The number of nitrogens with zero attached hydrogens (tertiary/aromatic N) is 4. The van der Waals surface area contributed by atoms with Crippen LogP contribution >= 0.6 is 0 Å². The molecule has 0 aliphatic carbocycles. The zero-order valence-electron chi connectivity index (χ0n) is 15.8. The van der Waals surface area contributed by atoms with Crippen LogP contribution in [0.25, 0.3) is 11.2 Å². The number of nitrogens with one attached hydrogen (secondary N) is 1. The number of ether oxygens (including phenoxy) is 1. The zero-order valence-corrected chi connectivity index (χ0v) is 15.8. The van der Waals surface area contributed by atoms with Gasteiger partial charge in [-0.25, -0.2) is 9.78 Å². The largest absolute Gasteiger partial charge is 0.349 e. The minimum Gasteiger partial charge on any atom is -0.349 e. The van der Waals surface area contributed by atoms with Gasteiger partial charge >= 0.3 is 5.69 Å². The number of rotatable bonds is 3. The fourth-order valence-corrected chi connectivity index (χ4v) is 3.90. The second-order valence-electron chi connectivity index (χ2n) is 7.36. The Kier molecular flexibility index (Phi) is 4.05. The summed E-state index contributed by atoms with van der Waals surface area (Å²) in [5, 5.41) is 3.49. The minimum absolute atomic E-state index is 0.0850. The van der Waals surface area contributed by atoms with Gasteiger partial charge in [0.25, 0.3) is 5.56 Å². The minimum atomic E-state index is -0.673. The van der Waals surface area contributed by atoms with Gasteiger partial charge < -0.3 is 9.30 Å². The molecule has 1 aliphatic rings. The number of fused-ring (bicyclic) bond motifs is 1. The van der Waals surface area contributed by atoms with E-state index in [1.54, 1.807) is 17.9 Å². The molecule has 1 N–H and O–H groups in total. The number of hydrogen-bond acceptors (Lipinski definition) is 5. The molecular formula is C19H23N5O3. The first-order chi connectivity index (χ1) is 12.8. The van der Waals surface area contributed by atoms with Gasteiger partial charge in [-0.1, -0.05) is 30.3 Å². The highest BCUT2D eigenvalue weighted by Crippen LogP contribution is 2.34. The predicted molar refractivity (Wildman–Crippen MR) is 101 cm³/mol. The molecule has 27 heavy (non-hydrogen) atoms. The van der Waals surface area contributed by atoms with Crippen LogP contribution in [0, 0.1) is 0 Å². The molecule has 142 valence electrons. The standard InChI is InChI=1S/C19H23N5O3/c1-12-15(13-8-6-5-7-9-13)27-19(2,21-12)10-24-11-20-16-14(24)17(25)23(4)18(26)22(16)3/h5-9,11-12,15,21H,10H2,1-4H3. The number of benzene rings is 1. The number of aromatic nitrogens is 4. The maximum absolute atomic E-state index is 12.6. The molecule has 1 fully saturated rings. The van der Waals surface area contributed by atoms with Crippen molar-refractivity contribution in [1.82, 2.24) is 24.0 Å². The summed E-state index contributed by atoms with van der Waals surface area (Å²) in [5.74, 6) is 0. The summed E-state index contributed by atoms with van der Waals surface area (Å²) >= 11 is 0. The number of aryl methyl sites for hydroxylation is 1. The van der Waals surface area contributed by atoms with E-state index in [0.717, 1.165) is 10.1 Å². The quantitative estimate of drug-likeness (QED) is 0.742. The smallest absolute Gasteiger partial charge is 0.332 e. The van der Waals surface area contributed by atoms with Gasteiger partial charge in [-0.05, 0) is 19.4 Å². The highest BCUT2D eigenvalue weighted by Gasteiger charge is 2.41. The number of hydrogen-bond donors (Lipinski definition) is 1. The summed E-state index contributed by atoms with van der Waals surface area (Å²) < 4.78 is 10.6. The van der Waals surface area contributed by atoms with E-state index >= 15 is 0 Å². The Hall–Kier alpha value is -2.71. The molecule has 0 saturated carbocycles. The van der Waals surface area contributed by atoms with E-state index in [1.165, 1.54) is 11.6 Å². The van der Waals surface area contributed by atoms with Gasteiger partial charge in [-0.15, -0.1) is 0 Å². The van der Waals surface area contributed by atoms with Crippen LogP contribution in [0.1, 0.15) is 25.5 Å². The third kappa shape index (κ3) is 2.81. The second kappa shape index (κ2) is 6.17. The van der Waals surface area contributed by atoms with Crippen molar-refractivity contribution in [2.75, 3.05) is 0 Å². The Bertz CT molecular complexity index is 1110.